The van der Waals surface area contributed by atoms with Gasteiger partial charge in [0.2, 0.25) is 5.82 Å². The predicted octanol–water partition coefficient (Wildman–Crippen LogP) is 2.21. The lowest BCUT2D eigenvalue weighted by Gasteiger charge is -2.38. The van der Waals surface area contributed by atoms with Crippen molar-refractivity contribution in [2.24, 2.45) is 0 Å². The summed E-state index contributed by atoms with van der Waals surface area (Å²) in [6.45, 7) is 0. The number of hydrogen-bond acceptors (Lipinski definition) is 10. The second kappa shape index (κ2) is 9.31. The van der Waals surface area contributed by atoms with Crippen LogP contribution in [-0.4, -0.2) is 77.4 Å². The van der Waals surface area contributed by atoms with Gasteiger partial charge in [0.15, 0.2) is 15.5 Å². The van der Waals surface area contributed by atoms with Crippen LogP contribution in [0.3, 0.4) is 0 Å². The van der Waals surface area contributed by atoms with E-state index in [1.807, 2.05) is 17.0 Å². The molecule has 4 N–H and O–H groups in total. The van der Waals surface area contributed by atoms with Gasteiger partial charge in [0.1, 0.15) is 22.6 Å². The molecule has 214 valence electrons. The van der Waals surface area contributed by atoms with Crippen LogP contribution in [0.1, 0.15) is 79.3 Å². The molecule has 1 aliphatic carbocycles. The van der Waals surface area contributed by atoms with E-state index in [-0.39, 0.29) is 40.4 Å². The van der Waals surface area contributed by atoms with E-state index < -0.39 is 15.4 Å². The van der Waals surface area contributed by atoms with Gasteiger partial charge in [-0.2, -0.15) is 14.7 Å². The smallest absolute Gasteiger partial charge is 0.291 e. The Morgan fingerprint density at radius 1 is 1.12 bits per heavy atom. The van der Waals surface area contributed by atoms with E-state index in [0.29, 0.717) is 48.3 Å². The molecule has 14 heteroatoms. The van der Waals surface area contributed by atoms with E-state index >= 15 is 0 Å². The SMILES string of the molecule is CS(=O)(=O)c1c(C2C[C@H]3CC[C@@H](C2)N3C(=O)c2ncn[nH]2)nc2c(-c3ccc(C4(O)CCCC4)nc3)cnn2c1N. The summed E-state index contributed by atoms with van der Waals surface area (Å²) in [5.74, 6) is -0.209. The van der Waals surface area contributed by atoms with Gasteiger partial charge in [-0.05, 0) is 44.6 Å². The summed E-state index contributed by atoms with van der Waals surface area (Å²) in [6, 6.07) is 3.56. The van der Waals surface area contributed by atoms with Crippen LogP contribution in [0.5, 0.6) is 0 Å². The first-order chi connectivity index (χ1) is 19.6. The third-order valence-electron chi connectivity index (χ3n) is 8.99. The molecule has 41 heavy (non-hydrogen) atoms. The minimum Gasteiger partial charge on any atom is -0.384 e. The van der Waals surface area contributed by atoms with Crippen molar-refractivity contribution in [1.29, 1.82) is 0 Å². The van der Waals surface area contributed by atoms with Crippen molar-refractivity contribution in [3.05, 3.63) is 48.1 Å². The molecule has 0 aromatic carbocycles. The van der Waals surface area contributed by atoms with Crippen LogP contribution >= 0.6 is 0 Å². The first-order valence-corrected chi connectivity index (χ1v) is 15.8. The number of carbonyl (C=O) groups excluding carboxylic acids is 1. The number of rotatable bonds is 5. The molecule has 2 bridgehead atoms. The quantitative estimate of drug-likeness (QED) is 0.317. The largest absolute Gasteiger partial charge is 0.384 e. The van der Waals surface area contributed by atoms with Crippen molar-refractivity contribution in [1.82, 2.24) is 39.7 Å². The molecule has 2 saturated heterocycles. The van der Waals surface area contributed by atoms with Crippen LogP contribution in [0.25, 0.3) is 16.8 Å². The molecule has 3 aliphatic rings. The molecule has 0 radical (unpaired) electrons. The summed E-state index contributed by atoms with van der Waals surface area (Å²) in [4.78, 5) is 28.5. The van der Waals surface area contributed by atoms with Gasteiger partial charge in [0.05, 0.1) is 17.6 Å². The van der Waals surface area contributed by atoms with Gasteiger partial charge in [-0.3, -0.25) is 14.9 Å². The number of carbonyl (C=O) groups is 1. The average Bonchev–Trinajstić information content (AvgIpc) is 3.75. The summed E-state index contributed by atoms with van der Waals surface area (Å²) >= 11 is 0. The van der Waals surface area contributed by atoms with Crippen LogP contribution in [0.2, 0.25) is 0 Å². The summed E-state index contributed by atoms with van der Waals surface area (Å²) < 4.78 is 27.5. The number of nitrogens with zero attached hydrogens (tertiary/aromatic N) is 7. The molecule has 13 nitrogen and oxygen atoms in total. The Labute approximate surface area is 236 Å². The van der Waals surface area contributed by atoms with Crippen LogP contribution in [0.4, 0.5) is 5.82 Å². The number of sulfone groups is 1. The van der Waals surface area contributed by atoms with Gasteiger partial charge < -0.3 is 15.7 Å². The van der Waals surface area contributed by atoms with Crippen LogP contribution in [0, 0.1) is 0 Å². The number of hydrogen-bond donors (Lipinski definition) is 3. The third kappa shape index (κ3) is 4.19. The highest BCUT2D eigenvalue weighted by atomic mass is 32.2. The Hall–Kier alpha value is -3.91. The number of aromatic amines is 1. The fourth-order valence-electron chi connectivity index (χ4n) is 7.09. The molecule has 6 heterocycles. The molecule has 1 amide bonds. The van der Waals surface area contributed by atoms with E-state index in [4.69, 9.17) is 10.7 Å². The van der Waals surface area contributed by atoms with Crippen molar-refractivity contribution in [2.45, 2.75) is 79.9 Å². The number of nitrogens with two attached hydrogens (primary N) is 1. The average molecular weight is 578 g/mol. The number of nitrogens with one attached hydrogen (secondary N) is 1. The number of fused-ring (bicyclic) bond motifs is 3. The highest BCUT2D eigenvalue weighted by Gasteiger charge is 2.46. The van der Waals surface area contributed by atoms with E-state index in [1.165, 1.54) is 10.8 Å². The molecule has 1 saturated carbocycles. The minimum atomic E-state index is -3.75. The summed E-state index contributed by atoms with van der Waals surface area (Å²) in [5, 5.41) is 21.8. The van der Waals surface area contributed by atoms with Crippen LogP contribution in [0.15, 0.2) is 35.7 Å². The Kier molecular flexibility index (Phi) is 5.91. The number of aliphatic hydroxyl groups is 1. The molecular weight excluding hydrogens is 546 g/mol. The number of nitrogen functional groups attached to an aromatic ring is 1. The highest BCUT2D eigenvalue weighted by Crippen LogP contribution is 2.46. The van der Waals surface area contributed by atoms with E-state index in [2.05, 4.69) is 25.3 Å². The number of H-pyrrole nitrogens is 1. The van der Waals surface area contributed by atoms with Crippen LogP contribution in [-0.2, 0) is 15.4 Å². The Morgan fingerprint density at radius 3 is 2.46 bits per heavy atom. The first-order valence-electron chi connectivity index (χ1n) is 13.9. The zero-order valence-corrected chi connectivity index (χ0v) is 23.4. The fourth-order valence-corrected chi connectivity index (χ4v) is 8.14. The maximum Gasteiger partial charge on any atom is 0.291 e. The second-order valence-electron chi connectivity index (χ2n) is 11.5. The lowest BCUT2D eigenvalue weighted by molar-refractivity contribution is 0.0399. The maximum atomic E-state index is 13.1. The molecule has 7 rings (SSSR count). The lowest BCUT2D eigenvalue weighted by Crippen LogP contribution is -2.46. The van der Waals surface area contributed by atoms with Gasteiger partial charge >= 0.3 is 0 Å². The third-order valence-corrected chi connectivity index (χ3v) is 10.1. The summed E-state index contributed by atoms with van der Waals surface area (Å²) in [7, 11) is -3.75. The minimum absolute atomic E-state index is 0.0103. The standard InChI is InChI=1S/C27H31N9O4S/c1-41(39,40)22-21(16-10-17-5-6-18(11-16)35(17)26(37)24-30-14-31-34-24)33-25-19(13-32-36(25)23(22)28)15-4-7-20(29-12-15)27(38)8-2-3-9-27/h4,7,12-14,16-18,38H,2-3,5-6,8-11,28H2,1H3,(H,30,31,34)/t16?,17-,18+. The lowest BCUT2D eigenvalue weighted by atomic mass is 9.87. The number of aromatic nitrogens is 7. The maximum absolute atomic E-state index is 13.1. The van der Waals surface area contributed by atoms with Gasteiger partial charge in [0.25, 0.3) is 5.91 Å². The summed E-state index contributed by atoms with van der Waals surface area (Å²) in [6.07, 6.45) is 11.8. The van der Waals surface area contributed by atoms with E-state index in [9.17, 15) is 18.3 Å². The Bertz CT molecular complexity index is 1730. The Balaban J connectivity index is 1.28. The van der Waals surface area contributed by atoms with Gasteiger partial charge in [-0.25, -0.2) is 18.4 Å². The number of amides is 1. The molecule has 3 atom stereocenters. The van der Waals surface area contributed by atoms with Crippen molar-refractivity contribution in [2.75, 3.05) is 12.0 Å². The monoisotopic (exact) mass is 577 g/mol. The molecule has 1 unspecified atom stereocenters. The normalized spacial score (nSPS) is 23.9. The molecule has 0 spiro atoms. The molecule has 3 fully saturated rings. The molecular formula is C27H31N9O4S. The van der Waals surface area contributed by atoms with Crippen molar-refractivity contribution < 1.29 is 18.3 Å². The zero-order valence-electron chi connectivity index (χ0n) is 22.6. The highest BCUT2D eigenvalue weighted by molar-refractivity contribution is 7.91. The topological polar surface area (TPSA) is 185 Å². The van der Waals surface area contributed by atoms with Gasteiger partial charge in [-0.15, -0.1) is 0 Å². The van der Waals surface area contributed by atoms with Crippen molar-refractivity contribution in [3.8, 4) is 11.1 Å². The second-order valence-corrected chi connectivity index (χ2v) is 13.5. The number of piperidine rings is 1. The number of anilines is 1. The molecule has 2 aliphatic heterocycles. The zero-order chi connectivity index (χ0) is 28.5. The van der Waals surface area contributed by atoms with E-state index in [0.717, 1.165) is 37.5 Å². The molecule has 4 aromatic rings. The van der Waals surface area contributed by atoms with Gasteiger partial charge in [0, 0.05) is 41.6 Å². The van der Waals surface area contributed by atoms with E-state index in [1.54, 1.807) is 12.4 Å². The predicted molar refractivity (Wildman–Crippen MR) is 147 cm³/mol. The van der Waals surface area contributed by atoms with Gasteiger partial charge in [-0.1, -0.05) is 18.9 Å². The fraction of sp³-hybridized carbons (Fsp3) is 0.481. The number of pyridine rings is 1. The molecule has 4 aromatic heterocycles. The summed E-state index contributed by atoms with van der Waals surface area (Å²) in [5.41, 5.74) is 8.49. The van der Waals surface area contributed by atoms with Crippen LogP contribution < -0.4 is 5.73 Å². The van der Waals surface area contributed by atoms with Crippen molar-refractivity contribution in [3.63, 3.8) is 0 Å². The van der Waals surface area contributed by atoms with Crippen molar-refractivity contribution >= 4 is 27.2 Å². The Morgan fingerprint density at radius 2 is 1.85 bits per heavy atom. The first kappa shape index (κ1) is 26.0.